The van der Waals surface area contributed by atoms with Gasteiger partial charge in [0.05, 0.1) is 23.0 Å². The van der Waals surface area contributed by atoms with E-state index in [1.807, 2.05) is 30.3 Å². The van der Waals surface area contributed by atoms with Crippen molar-refractivity contribution >= 4 is 5.97 Å². The molecule has 2 unspecified atom stereocenters. The van der Waals surface area contributed by atoms with Gasteiger partial charge in [-0.25, -0.2) is 0 Å². The highest BCUT2D eigenvalue weighted by molar-refractivity contribution is 5.80. The number of esters is 1. The van der Waals surface area contributed by atoms with Crippen LogP contribution in [0.3, 0.4) is 0 Å². The van der Waals surface area contributed by atoms with Crippen LogP contribution in [0.2, 0.25) is 0 Å². The SMILES string of the molecule is CC1(C(F)(F)F)C(C(=O)OCc2coc(Cc3ccccc3)c2)C1(C)C(F)(F)F. The summed E-state index contributed by atoms with van der Waals surface area (Å²) in [5, 5.41) is 0. The summed E-state index contributed by atoms with van der Waals surface area (Å²) in [7, 11) is 0. The average Bonchev–Trinajstić information content (AvgIpc) is 2.94. The Bertz CT molecular complexity index is 860. The highest BCUT2D eigenvalue weighted by atomic mass is 19.4. The van der Waals surface area contributed by atoms with Crippen LogP contribution in [-0.2, 0) is 22.6 Å². The van der Waals surface area contributed by atoms with Gasteiger partial charge in [0.25, 0.3) is 0 Å². The van der Waals surface area contributed by atoms with Gasteiger partial charge < -0.3 is 9.15 Å². The zero-order valence-corrected chi connectivity index (χ0v) is 15.5. The molecule has 1 fully saturated rings. The molecule has 158 valence electrons. The molecule has 0 amide bonds. The molecule has 1 aliphatic rings. The number of ether oxygens (including phenoxy) is 1. The Kier molecular flexibility index (Phi) is 4.99. The molecule has 2 atom stereocenters. The van der Waals surface area contributed by atoms with Gasteiger partial charge in [-0.2, -0.15) is 26.3 Å². The summed E-state index contributed by atoms with van der Waals surface area (Å²) < 4.78 is 90.0. The van der Waals surface area contributed by atoms with Crippen molar-refractivity contribution in [3.63, 3.8) is 0 Å². The number of halogens is 6. The Balaban J connectivity index is 1.68. The number of alkyl halides is 6. The predicted molar refractivity (Wildman–Crippen MR) is 89.6 cm³/mol. The standard InChI is InChI=1S/C20H18F6O3/c1-17(19(21,22)23)15(18(17,2)20(24,25)26)16(27)29-11-13-9-14(28-10-13)8-12-6-4-3-5-7-12/h3-7,9-10,15H,8,11H2,1-2H3. The first kappa shape index (κ1) is 21.3. The molecule has 29 heavy (non-hydrogen) atoms. The van der Waals surface area contributed by atoms with Crippen molar-refractivity contribution < 1.29 is 40.3 Å². The molecule has 0 N–H and O–H groups in total. The fraction of sp³-hybridized carbons (Fsp3) is 0.450. The molecule has 0 saturated heterocycles. The van der Waals surface area contributed by atoms with Crippen LogP contribution < -0.4 is 0 Å². The maximum absolute atomic E-state index is 13.3. The number of furan rings is 1. The lowest BCUT2D eigenvalue weighted by molar-refractivity contribution is -0.245. The van der Waals surface area contributed by atoms with E-state index < -0.39 is 41.7 Å². The minimum absolute atomic E-state index is 0.340. The van der Waals surface area contributed by atoms with E-state index in [9.17, 15) is 31.1 Å². The number of carbonyl (C=O) groups excluding carboxylic acids is 1. The summed E-state index contributed by atoms with van der Waals surface area (Å²) in [6.45, 7) is 0.333. The molecule has 0 aliphatic heterocycles. The van der Waals surface area contributed by atoms with E-state index in [4.69, 9.17) is 9.15 Å². The van der Waals surface area contributed by atoms with Crippen LogP contribution in [0.15, 0.2) is 47.1 Å². The Hall–Kier alpha value is -2.45. The highest BCUT2D eigenvalue weighted by Crippen LogP contribution is 2.80. The number of hydrogen-bond acceptors (Lipinski definition) is 3. The third-order valence-electron chi connectivity index (χ3n) is 5.87. The van der Waals surface area contributed by atoms with Crippen LogP contribution in [-0.4, -0.2) is 18.3 Å². The summed E-state index contributed by atoms with van der Waals surface area (Å²) in [6.07, 6.45) is -8.72. The van der Waals surface area contributed by atoms with Crippen molar-refractivity contribution in [2.75, 3.05) is 0 Å². The molecule has 3 rings (SSSR count). The summed E-state index contributed by atoms with van der Waals surface area (Å²) in [4.78, 5) is 12.1. The van der Waals surface area contributed by atoms with Crippen molar-refractivity contribution in [2.45, 2.75) is 39.2 Å². The molecule has 1 heterocycles. The third kappa shape index (κ3) is 3.40. The van der Waals surface area contributed by atoms with Gasteiger partial charge in [-0.1, -0.05) is 30.3 Å². The van der Waals surface area contributed by atoms with Crippen LogP contribution >= 0.6 is 0 Å². The Morgan fingerprint density at radius 1 is 1.00 bits per heavy atom. The molecule has 2 aromatic rings. The highest BCUT2D eigenvalue weighted by Gasteiger charge is 2.93. The van der Waals surface area contributed by atoms with Crippen LogP contribution in [0.1, 0.15) is 30.7 Å². The quantitative estimate of drug-likeness (QED) is 0.462. The second-order valence-corrected chi connectivity index (χ2v) is 7.52. The number of carbonyl (C=O) groups is 1. The molecular weight excluding hydrogens is 402 g/mol. The lowest BCUT2D eigenvalue weighted by Gasteiger charge is -2.23. The van der Waals surface area contributed by atoms with Crippen molar-refractivity contribution in [1.29, 1.82) is 0 Å². The van der Waals surface area contributed by atoms with E-state index >= 15 is 0 Å². The molecular formula is C20H18F6O3. The van der Waals surface area contributed by atoms with Gasteiger partial charge in [-0.15, -0.1) is 0 Å². The van der Waals surface area contributed by atoms with Crippen LogP contribution in [0, 0.1) is 16.7 Å². The molecule has 1 aliphatic carbocycles. The van der Waals surface area contributed by atoms with Gasteiger partial charge in [-0.3, -0.25) is 4.79 Å². The largest absolute Gasteiger partial charge is 0.469 e. The van der Waals surface area contributed by atoms with Crippen molar-refractivity contribution in [3.8, 4) is 0 Å². The second kappa shape index (κ2) is 6.81. The lowest BCUT2D eigenvalue weighted by atomic mass is 9.95. The molecule has 0 radical (unpaired) electrons. The van der Waals surface area contributed by atoms with E-state index in [0.29, 0.717) is 31.6 Å². The minimum atomic E-state index is -5.21. The molecule has 0 bridgehead atoms. The number of benzene rings is 1. The number of rotatable bonds is 5. The molecule has 9 heteroatoms. The fourth-order valence-electron chi connectivity index (χ4n) is 3.82. The molecule has 1 aromatic carbocycles. The van der Waals surface area contributed by atoms with E-state index in [1.165, 1.54) is 6.26 Å². The van der Waals surface area contributed by atoms with Gasteiger partial charge in [0, 0.05) is 12.0 Å². The van der Waals surface area contributed by atoms with Gasteiger partial charge in [0.1, 0.15) is 12.4 Å². The molecule has 1 aromatic heterocycles. The topological polar surface area (TPSA) is 39.4 Å². The monoisotopic (exact) mass is 420 g/mol. The number of hydrogen-bond donors (Lipinski definition) is 0. The fourth-order valence-corrected chi connectivity index (χ4v) is 3.82. The molecule has 0 spiro atoms. The zero-order valence-electron chi connectivity index (χ0n) is 15.5. The van der Waals surface area contributed by atoms with Gasteiger partial charge >= 0.3 is 18.3 Å². The van der Waals surface area contributed by atoms with Crippen molar-refractivity contribution in [2.24, 2.45) is 16.7 Å². The Labute approximate surface area is 162 Å². The van der Waals surface area contributed by atoms with Gasteiger partial charge in [-0.05, 0) is 25.5 Å². The van der Waals surface area contributed by atoms with Gasteiger partial charge in [0.2, 0.25) is 0 Å². The Morgan fingerprint density at radius 3 is 2.07 bits per heavy atom. The maximum atomic E-state index is 13.3. The normalized spacial score (nSPS) is 27.0. The Morgan fingerprint density at radius 2 is 1.55 bits per heavy atom. The van der Waals surface area contributed by atoms with Crippen LogP contribution in [0.25, 0.3) is 0 Å². The molecule has 1 saturated carbocycles. The van der Waals surface area contributed by atoms with E-state index in [-0.39, 0.29) is 0 Å². The minimum Gasteiger partial charge on any atom is -0.469 e. The first-order chi connectivity index (χ1) is 13.3. The van der Waals surface area contributed by atoms with Crippen LogP contribution in [0.5, 0.6) is 0 Å². The smallest absolute Gasteiger partial charge is 0.395 e. The van der Waals surface area contributed by atoms with E-state index in [1.54, 1.807) is 6.07 Å². The summed E-state index contributed by atoms with van der Waals surface area (Å²) in [5.41, 5.74) is -5.17. The van der Waals surface area contributed by atoms with Crippen molar-refractivity contribution in [3.05, 3.63) is 59.5 Å². The predicted octanol–water partition coefficient (Wildman–Crippen LogP) is 5.68. The lowest BCUT2D eigenvalue weighted by Crippen LogP contribution is -2.35. The zero-order chi connectivity index (χ0) is 21.7. The first-order valence-corrected chi connectivity index (χ1v) is 8.72. The van der Waals surface area contributed by atoms with E-state index in [2.05, 4.69) is 0 Å². The van der Waals surface area contributed by atoms with Gasteiger partial charge in [0.15, 0.2) is 0 Å². The first-order valence-electron chi connectivity index (χ1n) is 8.72. The summed E-state index contributed by atoms with van der Waals surface area (Å²) >= 11 is 0. The maximum Gasteiger partial charge on any atom is 0.395 e. The third-order valence-corrected chi connectivity index (χ3v) is 5.87. The average molecular weight is 420 g/mol. The van der Waals surface area contributed by atoms with E-state index in [0.717, 1.165) is 5.56 Å². The molecule has 3 nitrogen and oxygen atoms in total. The van der Waals surface area contributed by atoms with Crippen LogP contribution in [0.4, 0.5) is 26.3 Å². The second-order valence-electron chi connectivity index (χ2n) is 7.52. The summed E-state index contributed by atoms with van der Waals surface area (Å²) in [6, 6.07) is 10.8. The van der Waals surface area contributed by atoms with Crippen molar-refractivity contribution in [1.82, 2.24) is 0 Å². The summed E-state index contributed by atoms with van der Waals surface area (Å²) in [5.74, 6) is -3.37.